The van der Waals surface area contributed by atoms with Gasteiger partial charge in [0.15, 0.2) is 0 Å². The molecule has 0 amide bonds. The number of ether oxygens (including phenoxy) is 1. The molecule has 0 fully saturated rings. The Morgan fingerprint density at radius 2 is 2.00 bits per heavy atom. The van der Waals surface area contributed by atoms with Crippen molar-refractivity contribution in [1.29, 1.82) is 0 Å². The summed E-state index contributed by atoms with van der Waals surface area (Å²) < 4.78 is 20.7. The lowest BCUT2D eigenvalue weighted by Gasteiger charge is -2.11. The zero-order valence-electron chi connectivity index (χ0n) is 11.2. The van der Waals surface area contributed by atoms with E-state index in [2.05, 4.69) is 4.98 Å². The van der Waals surface area contributed by atoms with Crippen molar-refractivity contribution in [1.82, 2.24) is 9.55 Å². The van der Waals surface area contributed by atoms with Crippen LogP contribution in [0.4, 0.5) is 10.3 Å². The third-order valence-electron chi connectivity index (χ3n) is 3.29. The van der Waals surface area contributed by atoms with Crippen LogP contribution in [0.25, 0.3) is 16.7 Å². The summed E-state index contributed by atoms with van der Waals surface area (Å²) in [4.78, 5) is 4.21. The molecular weight excluding hydrogens is 257 g/mol. The van der Waals surface area contributed by atoms with Gasteiger partial charge >= 0.3 is 0 Å². The number of fused-ring (bicyclic) bond motifs is 1. The molecule has 0 aliphatic heterocycles. The van der Waals surface area contributed by atoms with Crippen molar-refractivity contribution in [2.45, 2.75) is 6.92 Å². The monoisotopic (exact) mass is 271 g/mol. The number of rotatable bonds is 2. The smallest absolute Gasteiger partial charge is 0.206 e. The van der Waals surface area contributed by atoms with Crippen molar-refractivity contribution in [3.05, 3.63) is 47.8 Å². The predicted molar refractivity (Wildman–Crippen MR) is 76.7 cm³/mol. The Hall–Kier alpha value is -2.56. The number of nitrogens with zero attached hydrogens (tertiary/aromatic N) is 2. The van der Waals surface area contributed by atoms with Crippen LogP contribution in [0.5, 0.6) is 5.75 Å². The molecule has 2 N–H and O–H groups in total. The van der Waals surface area contributed by atoms with Crippen molar-refractivity contribution in [2.75, 3.05) is 12.8 Å². The summed E-state index contributed by atoms with van der Waals surface area (Å²) in [5.74, 6) is 0.692. The topological polar surface area (TPSA) is 53.1 Å². The summed E-state index contributed by atoms with van der Waals surface area (Å²) >= 11 is 0. The van der Waals surface area contributed by atoms with Crippen LogP contribution >= 0.6 is 0 Å². The lowest BCUT2D eigenvalue weighted by molar-refractivity contribution is 0.413. The molecule has 0 saturated heterocycles. The predicted octanol–water partition coefficient (Wildman–Crippen LogP) is 3.06. The average molecular weight is 271 g/mol. The molecule has 0 aliphatic rings. The molecule has 2 aromatic carbocycles. The summed E-state index contributed by atoms with van der Waals surface area (Å²) in [6.07, 6.45) is 0. The van der Waals surface area contributed by atoms with E-state index in [-0.39, 0.29) is 5.82 Å². The molecule has 4 nitrogen and oxygen atoms in total. The quantitative estimate of drug-likeness (QED) is 0.779. The standard InChI is InChI=1S/C15H14FN3O/c1-9-7-13-11(8-10(9)16)18-15(17)19(13)12-5-3-4-6-14(12)20-2/h3-8H,1-2H3,(H2,17,18). The number of aromatic nitrogens is 2. The van der Waals surface area contributed by atoms with Gasteiger partial charge in [-0.1, -0.05) is 12.1 Å². The van der Waals surface area contributed by atoms with Crippen LogP contribution < -0.4 is 10.5 Å². The maximum atomic E-state index is 13.6. The highest BCUT2D eigenvalue weighted by atomic mass is 19.1. The minimum absolute atomic E-state index is 0.290. The first-order valence-electron chi connectivity index (χ1n) is 6.19. The van der Waals surface area contributed by atoms with Gasteiger partial charge in [-0.25, -0.2) is 9.37 Å². The molecule has 1 aromatic heterocycles. The van der Waals surface area contributed by atoms with Crippen LogP contribution in [0.3, 0.4) is 0 Å². The lowest BCUT2D eigenvalue weighted by Crippen LogP contribution is -2.02. The molecule has 0 aliphatic carbocycles. The zero-order chi connectivity index (χ0) is 14.3. The number of halogens is 1. The van der Waals surface area contributed by atoms with Crippen molar-refractivity contribution in [3.8, 4) is 11.4 Å². The highest BCUT2D eigenvalue weighted by molar-refractivity contribution is 5.82. The average Bonchev–Trinajstić information content (AvgIpc) is 2.74. The van der Waals surface area contributed by atoms with E-state index in [4.69, 9.17) is 10.5 Å². The number of imidazole rings is 1. The fraction of sp³-hybridized carbons (Fsp3) is 0.133. The van der Waals surface area contributed by atoms with Crippen molar-refractivity contribution >= 4 is 17.0 Å². The second-order valence-electron chi connectivity index (χ2n) is 4.57. The highest BCUT2D eigenvalue weighted by Crippen LogP contribution is 2.30. The van der Waals surface area contributed by atoms with Gasteiger partial charge in [-0.15, -0.1) is 0 Å². The van der Waals surface area contributed by atoms with Gasteiger partial charge in [0.05, 0.1) is 23.8 Å². The Balaban J connectivity index is 2.36. The number of nitrogens with two attached hydrogens (primary N) is 1. The maximum Gasteiger partial charge on any atom is 0.206 e. The van der Waals surface area contributed by atoms with E-state index in [1.54, 1.807) is 24.7 Å². The number of methoxy groups -OCH3 is 1. The molecular formula is C15H14FN3O. The molecule has 3 aromatic rings. The fourth-order valence-electron chi connectivity index (χ4n) is 2.29. The number of para-hydroxylation sites is 2. The van der Waals surface area contributed by atoms with Crippen LogP contribution in [-0.2, 0) is 0 Å². The first-order valence-corrected chi connectivity index (χ1v) is 6.19. The number of benzene rings is 2. The third kappa shape index (κ3) is 1.79. The van der Waals surface area contributed by atoms with E-state index in [0.29, 0.717) is 22.8 Å². The van der Waals surface area contributed by atoms with Gasteiger partial charge in [-0.2, -0.15) is 0 Å². The Labute approximate surface area is 115 Å². The molecule has 20 heavy (non-hydrogen) atoms. The molecule has 1 heterocycles. The van der Waals surface area contributed by atoms with E-state index in [1.807, 2.05) is 24.3 Å². The third-order valence-corrected chi connectivity index (χ3v) is 3.29. The maximum absolute atomic E-state index is 13.6. The molecule has 3 rings (SSSR count). The summed E-state index contributed by atoms with van der Waals surface area (Å²) in [5, 5.41) is 0. The minimum Gasteiger partial charge on any atom is -0.495 e. The van der Waals surface area contributed by atoms with E-state index in [1.165, 1.54) is 6.07 Å². The molecule has 102 valence electrons. The van der Waals surface area contributed by atoms with Gasteiger partial charge in [0, 0.05) is 6.07 Å². The highest BCUT2D eigenvalue weighted by Gasteiger charge is 2.15. The van der Waals surface area contributed by atoms with Crippen LogP contribution in [-0.4, -0.2) is 16.7 Å². The van der Waals surface area contributed by atoms with Gasteiger partial charge in [-0.05, 0) is 30.7 Å². The minimum atomic E-state index is -0.290. The summed E-state index contributed by atoms with van der Waals surface area (Å²) in [6.45, 7) is 1.71. The summed E-state index contributed by atoms with van der Waals surface area (Å²) in [7, 11) is 1.60. The number of nitrogen functional groups attached to an aromatic ring is 1. The fourth-order valence-corrected chi connectivity index (χ4v) is 2.29. The van der Waals surface area contributed by atoms with E-state index < -0.39 is 0 Å². The van der Waals surface area contributed by atoms with Gasteiger partial charge < -0.3 is 10.5 Å². The summed E-state index contributed by atoms with van der Waals surface area (Å²) in [5.41, 5.74) is 8.59. The van der Waals surface area contributed by atoms with Gasteiger partial charge in [0.25, 0.3) is 0 Å². The van der Waals surface area contributed by atoms with Crippen LogP contribution in [0.15, 0.2) is 36.4 Å². The molecule has 0 saturated carbocycles. The van der Waals surface area contributed by atoms with Crippen LogP contribution in [0.1, 0.15) is 5.56 Å². The van der Waals surface area contributed by atoms with E-state index in [0.717, 1.165) is 11.2 Å². The Kier molecular flexibility index (Phi) is 2.82. The van der Waals surface area contributed by atoms with Crippen LogP contribution in [0.2, 0.25) is 0 Å². The molecule has 0 atom stereocenters. The molecule has 0 bridgehead atoms. The number of aryl methyl sites for hydroxylation is 1. The van der Waals surface area contributed by atoms with Gasteiger partial charge in [0.1, 0.15) is 11.6 Å². The molecule has 0 unspecified atom stereocenters. The van der Waals surface area contributed by atoms with Crippen molar-refractivity contribution in [2.24, 2.45) is 0 Å². The van der Waals surface area contributed by atoms with E-state index in [9.17, 15) is 4.39 Å². The second-order valence-corrected chi connectivity index (χ2v) is 4.57. The van der Waals surface area contributed by atoms with E-state index >= 15 is 0 Å². The second kappa shape index (κ2) is 4.52. The zero-order valence-corrected chi connectivity index (χ0v) is 11.2. The number of hydrogen-bond acceptors (Lipinski definition) is 3. The van der Waals surface area contributed by atoms with Crippen LogP contribution in [0, 0.1) is 12.7 Å². The van der Waals surface area contributed by atoms with Crippen molar-refractivity contribution in [3.63, 3.8) is 0 Å². The SMILES string of the molecule is COc1ccccc1-n1c(N)nc2cc(F)c(C)cc21. The lowest BCUT2D eigenvalue weighted by atomic mass is 10.2. The Bertz CT molecular complexity index is 795. The Morgan fingerprint density at radius 1 is 1.25 bits per heavy atom. The summed E-state index contributed by atoms with van der Waals surface area (Å²) in [6, 6.07) is 10.6. The van der Waals surface area contributed by atoms with Crippen molar-refractivity contribution < 1.29 is 9.13 Å². The molecule has 0 radical (unpaired) electrons. The first-order chi connectivity index (χ1) is 9.61. The molecule has 5 heteroatoms. The molecule has 0 spiro atoms. The van der Waals surface area contributed by atoms with Gasteiger partial charge in [0.2, 0.25) is 5.95 Å². The number of anilines is 1. The van der Waals surface area contributed by atoms with Gasteiger partial charge in [-0.3, -0.25) is 4.57 Å². The Morgan fingerprint density at radius 3 is 2.75 bits per heavy atom. The largest absolute Gasteiger partial charge is 0.495 e. The first kappa shape index (κ1) is 12.5. The normalized spacial score (nSPS) is 10.9. The number of hydrogen-bond donors (Lipinski definition) is 1.